The molecule has 110 valence electrons. The van der Waals surface area contributed by atoms with Crippen LogP contribution in [0.1, 0.15) is 26.3 Å². The number of nitriles is 1. The third-order valence-corrected chi connectivity index (χ3v) is 2.95. The Kier molecular flexibility index (Phi) is 4.39. The number of carbonyl (C=O) groups is 2. The first-order valence-corrected chi connectivity index (χ1v) is 6.28. The summed E-state index contributed by atoms with van der Waals surface area (Å²) in [6.45, 7) is 0. The lowest BCUT2D eigenvalue weighted by Gasteiger charge is -2.07. The number of phenols is 1. The van der Waals surface area contributed by atoms with Gasteiger partial charge in [-0.25, -0.2) is 0 Å². The van der Waals surface area contributed by atoms with Crippen molar-refractivity contribution in [2.75, 3.05) is 7.11 Å². The molecule has 0 aliphatic carbocycles. The lowest BCUT2D eigenvalue weighted by Crippen LogP contribution is -2.30. The van der Waals surface area contributed by atoms with E-state index in [2.05, 4.69) is 5.32 Å². The maximum absolute atomic E-state index is 12.0. The second kappa shape index (κ2) is 6.41. The van der Waals surface area contributed by atoms with E-state index < -0.39 is 11.8 Å². The third kappa shape index (κ3) is 3.22. The van der Waals surface area contributed by atoms with Crippen LogP contribution in [0, 0.1) is 11.3 Å². The number of methoxy groups -OCH3 is 1. The van der Waals surface area contributed by atoms with Gasteiger partial charge in [-0.1, -0.05) is 0 Å². The number of benzene rings is 2. The summed E-state index contributed by atoms with van der Waals surface area (Å²) in [5, 5.41) is 20.6. The Balaban J connectivity index is 2.14. The van der Waals surface area contributed by atoms with Gasteiger partial charge in [-0.15, -0.1) is 0 Å². The van der Waals surface area contributed by atoms with E-state index in [1.165, 1.54) is 49.6 Å². The van der Waals surface area contributed by atoms with Crippen molar-refractivity contribution < 1.29 is 19.4 Å². The van der Waals surface area contributed by atoms with E-state index in [9.17, 15) is 14.7 Å². The molecule has 0 radical (unpaired) electrons. The number of nitrogens with one attached hydrogen (secondary N) is 1. The van der Waals surface area contributed by atoms with Crippen LogP contribution in [-0.4, -0.2) is 24.0 Å². The van der Waals surface area contributed by atoms with Crippen molar-refractivity contribution in [1.82, 2.24) is 5.32 Å². The van der Waals surface area contributed by atoms with E-state index in [1.807, 2.05) is 6.07 Å². The van der Waals surface area contributed by atoms with Crippen LogP contribution in [-0.2, 0) is 0 Å². The summed E-state index contributed by atoms with van der Waals surface area (Å²) in [7, 11) is 1.43. The first kappa shape index (κ1) is 15.1. The average Bonchev–Trinajstić information content (AvgIpc) is 2.54. The molecule has 2 amide bonds. The molecule has 2 rings (SSSR count). The molecule has 0 aromatic heterocycles. The van der Waals surface area contributed by atoms with E-state index >= 15 is 0 Å². The summed E-state index contributed by atoms with van der Waals surface area (Å²) in [6, 6.07) is 11.9. The Hall–Kier alpha value is -3.33. The van der Waals surface area contributed by atoms with Gasteiger partial charge in [0, 0.05) is 11.6 Å². The Morgan fingerprint density at radius 2 is 1.82 bits per heavy atom. The molecule has 0 saturated heterocycles. The fourth-order valence-electron chi connectivity index (χ4n) is 1.77. The summed E-state index contributed by atoms with van der Waals surface area (Å²) >= 11 is 0. The second-order valence-corrected chi connectivity index (χ2v) is 4.36. The minimum Gasteiger partial charge on any atom is -0.507 e. The van der Waals surface area contributed by atoms with Gasteiger partial charge in [0.25, 0.3) is 11.8 Å². The number of phenolic OH excluding ortho intramolecular Hbond substituents is 1. The van der Waals surface area contributed by atoms with E-state index in [0.29, 0.717) is 11.3 Å². The van der Waals surface area contributed by atoms with E-state index in [4.69, 9.17) is 10.00 Å². The number of amides is 2. The maximum atomic E-state index is 12.0. The number of ether oxygens (including phenoxy) is 1. The molecule has 0 aliphatic heterocycles. The van der Waals surface area contributed by atoms with Crippen molar-refractivity contribution in [2.24, 2.45) is 0 Å². The zero-order valence-electron chi connectivity index (χ0n) is 11.7. The number of hydrogen-bond acceptors (Lipinski definition) is 5. The van der Waals surface area contributed by atoms with Crippen LogP contribution in [0.2, 0.25) is 0 Å². The monoisotopic (exact) mass is 296 g/mol. The molecule has 0 heterocycles. The molecule has 0 bridgehead atoms. The average molecular weight is 296 g/mol. The van der Waals surface area contributed by atoms with Gasteiger partial charge < -0.3 is 9.84 Å². The molecule has 0 spiro atoms. The van der Waals surface area contributed by atoms with Gasteiger partial charge in [-0.3, -0.25) is 14.9 Å². The summed E-state index contributed by atoms with van der Waals surface area (Å²) in [4.78, 5) is 23.9. The number of aromatic hydroxyl groups is 1. The molecule has 2 N–H and O–H groups in total. The van der Waals surface area contributed by atoms with Crippen LogP contribution in [0.5, 0.6) is 11.5 Å². The van der Waals surface area contributed by atoms with Crippen molar-refractivity contribution in [2.45, 2.75) is 0 Å². The summed E-state index contributed by atoms with van der Waals surface area (Å²) in [6.07, 6.45) is 0. The first-order valence-electron chi connectivity index (χ1n) is 6.28. The zero-order valence-corrected chi connectivity index (χ0v) is 11.7. The van der Waals surface area contributed by atoms with Crippen molar-refractivity contribution >= 4 is 11.8 Å². The predicted octanol–water partition coefficient (Wildman–Crippen LogP) is 1.84. The van der Waals surface area contributed by atoms with Crippen LogP contribution >= 0.6 is 0 Å². The molecule has 2 aromatic carbocycles. The second-order valence-electron chi connectivity index (χ2n) is 4.36. The van der Waals surface area contributed by atoms with E-state index in [-0.39, 0.29) is 16.9 Å². The lowest BCUT2D eigenvalue weighted by molar-refractivity contribution is 0.0848. The molecule has 2 aromatic rings. The van der Waals surface area contributed by atoms with Crippen molar-refractivity contribution in [3.05, 3.63) is 59.2 Å². The third-order valence-electron chi connectivity index (χ3n) is 2.95. The van der Waals surface area contributed by atoms with Crippen molar-refractivity contribution in [3.63, 3.8) is 0 Å². The minimum absolute atomic E-state index is 0.0391. The molecule has 0 fully saturated rings. The fourth-order valence-corrected chi connectivity index (χ4v) is 1.77. The Morgan fingerprint density at radius 3 is 2.36 bits per heavy atom. The topological polar surface area (TPSA) is 99.4 Å². The maximum Gasteiger partial charge on any atom is 0.261 e. The highest BCUT2D eigenvalue weighted by atomic mass is 16.5. The zero-order chi connectivity index (χ0) is 16.1. The minimum atomic E-state index is -0.727. The number of carbonyl (C=O) groups excluding carboxylic acids is 2. The van der Waals surface area contributed by atoms with Gasteiger partial charge in [0.1, 0.15) is 11.5 Å². The smallest absolute Gasteiger partial charge is 0.261 e. The van der Waals surface area contributed by atoms with Crippen LogP contribution in [0.25, 0.3) is 0 Å². The molecule has 0 unspecified atom stereocenters. The molecular weight excluding hydrogens is 284 g/mol. The number of imide groups is 1. The standard InChI is InChI=1S/C16H12N2O4/c1-22-12-6-7-13(14(19)8-12)16(21)18-15(20)11-4-2-10(9-17)3-5-11/h2-8,19H,1H3,(H,18,20,21). The van der Waals surface area contributed by atoms with Crippen molar-refractivity contribution in [3.8, 4) is 17.6 Å². The largest absolute Gasteiger partial charge is 0.507 e. The van der Waals surface area contributed by atoms with Crippen molar-refractivity contribution in [1.29, 1.82) is 5.26 Å². The SMILES string of the molecule is COc1ccc(C(=O)NC(=O)c2ccc(C#N)cc2)c(O)c1. The molecular formula is C16H12N2O4. The highest BCUT2D eigenvalue weighted by Crippen LogP contribution is 2.23. The summed E-state index contributed by atoms with van der Waals surface area (Å²) in [5.74, 6) is -1.24. The van der Waals surface area contributed by atoms with Gasteiger partial charge >= 0.3 is 0 Å². The highest BCUT2D eigenvalue weighted by molar-refractivity contribution is 6.11. The van der Waals surface area contributed by atoms with Crippen LogP contribution in [0.3, 0.4) is 0 Å². The van der Waals surface area contributed by atoms with Crippen LogP contribution in [0.15, 0.2) is 42.5 Å². The van der Waals surface area contributed by atoms with E-state index in [1.54, 1.807) is 0 Å². The quantitative estimate of drug-likeness (QED) is 0.842. The Bertz CT molecular complexity index is 761. The van der Waals surface area contributed by atoms with Gasteiger partial charge in [0.05, 0.1) is 24.3 Å². The molecule has 22 heavy (non-hydrogen) atoms. The molecule has 6 nitrogen and oxygen atoms in total. The van der Waals surface area contributed by atoms with Crippen LogP contribution in [0.4, 0.5) is 0 Å². The molecule has 6 heteroatoms. The lowest BCUT2D eigenvalue weighted by atomic mass is 10.1. The highest BCUT2D eigenvalue weighted by Gasteiger charge is 2.16. The van der Waals surface area contributed by atoms with Crippen LogP contribution < -0.4 is 10.1 Å². The van der Waals surface area contributed by atoms with Gasteiger partial charge in [-0.05, 0) is 36.4 Å². The Labute approximate surface area is 126 Å². The van der Waals surface area contributed by atoms with Gasteiger partial charge in [-0.2, -0.15) is 5.26 Å². The first-order chi connectivity index (χ1) is 10.5. The number of nitrogens with zero attached hydrogens (tertiary/aromatic N) is 1. The molecule has 0 atom stereocenters. The van der Waals surface area contributed by atoms with E-state index in [0.717, 1.165) is 0 Å². The van der Waals surface area contributed by atoms with Gasteiger partial charge in [0.15, 0.2) is 0 Å². The Morgan fingerprint density at radius 1 is 1.14 bits per heavy atom. The molecule has 0 saturated carbocycles. The normalized spacial score (nSPS) is 9.64. The predicted molar refractivity (Wildman–Crippen MR) is 77.6 cm³/mol. The summed E-state index contributed by atoms with van der Waals surface area (Å²) < 4.78 is 4.92. The fraction of sp³-hybridized carbons (Fsp3) is 0.0625. The summed E-state index contributed by atoms with van der Waals surface area (Å²) in [5.41, 5.74) is 0.610. The number of rotatable bonds is 3. The molecule has 0 aliphatic rings. The number of hydrogen-bond donors (Lipinski definition) is 2. The van der Waals surface area contributed by atoms with Gasteiger partial charge in [0.2, 0.25) is 0 Å².